The Hall–Kier alpha value is -4.94. The lowest BCUT2D eigenvalue weighted by atomic mass is 10.2. The standard InChI is InChI=1S/C29H28N4O7S/c1-39-25-14-8-22(9-15-25)31-29(34)32(23-10-16-27(17-11-23)40-26-6-3-2-4-7-26)21-5-20-30-41(37,38)28-18-12-24(13-19-28)33(35)36/h2-4,6-19,30H,5,20-21H2,1H3,(H,31,34). The molecule has 4 rings (SSSR count). The molecule has 0 saturated heterocycles. The molecule has 0 aliphatic heterocycles. The molecule has 0 atom stereocenters. The third-order valence-electron chi connectivity index (χ3n) is 5.92. The number of nitrogens with one attached hydrogen (secondary N) is 2. The highest BCUT2D eigenvalue weighted by Crippen LogP contribution is 2.25. The van der Waals surface area contributed by atoms with Crippen molar-refractivity contribution in [2.45, 2.75) is 11.3 Å². The summed E-state index contributed by atoms with van der Waals surface area (Å²) < 4.78 is 38.8. The molecule has 0 radical (unpaired) electrons. The quantitative estimate of drug-likeness (QED) is 0.123. The van der Waals surface area contributed by atoms with E-state index in [4.69, 9.17) is 9.47 Å². The Bertz CT molecular complexity index is 1560. The van der Waals surface area contributed by atoms with E-state index in [-0.39, 0.29) is 30.1 Å². The molecule has 4 aromatic carbocycles. The lowest BCUT2D eigenvalue weighted by Gasteiger charge is -2.24. The molecule has 0 fully saturated rings. The number of hydrogen-bond acceptors (Lipinski definition) is 7. The number of sulfonamides is 1. The van der Waals surface area contributed by atoms with Crippen LogP contribution in [0, 0.1) is 10.1 Å². The van der Waals surface area contributed by atoms with E-state index in [1.165, 1.54) is 17.0 Å². The summed E-state index contributed by atoms with van der Waals surface area (Å²) in [6.45, 7) is 0.213. The van der Waals surface area contributed by atoms with E-state index in [0.717, 1.165) is 12.1 Å². The van der Waals surface area contributed by atoms with Crippen molar-refractivity contribution in [2.75, 3.05) is 30.4 Å². The molecule has 0 heterocycles. The highest BCUT2D eigenvalue weighted by Gasteiger charge is 2.19. The lowest BCUT2D eigenvalue weighted by molar-refractivity contribution is -0.384. The summed E-state index contributed by atoms with van der Waals surface area (Å²) in [5.41, 5.74) is 0.931. The number of nitro benzene ring substituents is 1. The second-order valence-corrected chi connectivity index (χ2v) is 10.5. The number of hydrogen-bond donors (Lipinski definition) is 2. The molecule has 11 nitrogen and oxygen atoms in total. The normalized spacial score (nSPS) is 11.0. The summed E-state index contributed by atoms with van der Waals surface area (Å²) in [6, 6.07) is 27.3. The Morgan fingerprint density at radius 2 is 1.46 bits per heavy atom. The summed E-state index contributed by atoms with van der Waals surface area (Å²) in [6.07, 6.45) is 0.282. The van der Waals surface area contributed by atoms with E-state index in [2.05, 4.69) is 10.0 Å². The largest absolute Gasteiger partial charge is 0.497 e. The number of methoxy groups -OCH3 is 1. The molecular weight excluding hydrogens is 548 g/mol. The number of nitro groups is 1. The molecule has 0 aromatic heterocycles. The maximum absolute atomic E-state index is 13.3. The van der Waals surface area contributed by atoms with E-state index in [1.807, 2.05) is 30.3 Å². The molecule has 2 amide bonds. The van der Waals surface area contributed by atoms with Crippen LogP contribution in [-0.4, -0.2) is 39.6 Å². The van der Waals surface area contributed by atoms with Gasteiger partial charge in [-0.3, -0.25) is 15.0 Å². The molecule has 4 aromatic rings. The van der Waals surface area contributed by atoms with Crippen LogP contribution >= 0.6 is 0 Å². The number of ether oxygens (including phenoxy) is 2. The van der Waals surface area contributed by atoms with Gasteiger partial charge in [0, 0.05) is 36.6 Å². The molecule has 2 N–H and O–H groups in total. The number of amides is 2. The minimum Gasteiger partial charge on any atom is -0.497 e. The van der Waals surface area contributed by atoms with Gasteiger partial charge in [-0.1, -0.05) is 18.2 Å². The van der Waals surface area contributed by atoms with Gasteiger partial charge in [0.25, 0.3) is 5.69 Å². The number of carbonyl (C=O) groups excluding carboxylic acids is 1. The molecule has 0 spiro atoms. The summed E-state index contributed by atoms with van der Waals surface area (Å²) in [4.78, 5) is 24.9. The Balaban J connectivity index is 1.44. The van der Waals surface area contributed by atoms with Gasteiger partial charge in [0.2, 0.25) is 10.0 Å². The zero-order valence-electron chi connectivity index (χ0n) is 22.1. The number of benzene rings is 4. The van der Waals surface area contributed by atoms with Crippen molar-refractivity contribution in [3.05, 3.63) is 113 Å². The number of non-ortho nitro benzene ring substituents is 1. The fraction of sp³-hybridized carbons (Fsp3) is 0.138. The summed E-state index contributed by atoms with van der Waals surface area (Å²) in [7, 11) is -2.34. The third-order valence-corrected chi connectivity index (χ3v) is 7.40. The van der Waals surface area contributed by atoms with Crippen LogP contribution < -0.4 is 24.4 Å². The van der Waals surface area contributed by atoms with Crippen molar-refractivity contribution in [3.63, 3.8) is 0 Å². The number of anilines is 2. The van der Waals surface area contributed by atoms with Gasteiger partial charge in [0.15, 0.2) is 0 Å². The van der Waals surface area contributed by atoms with Crippen LogP contribution in [0.3, 0.4) is 0 Å². The van der Waals surface area contributed by atoms with Crippen LogP contribution in [0.1, 0.15) is 6.42 Å². The smallest absolute Gasteiger partial charge is 0.326 e. The Morgan fingerprint density at radius 1 is 0.854 bits per heavy atom. The van der Waals surface area contributed by atoms with E-state index < -0.39 is 21.0 Å². The van der Waals surface area contributed by atoms with Crippen LogP contribution in [0.5, 0.6) is 17.2 Å². The number of para-hydroxylation sites is 1. The molecule has 0 aliphatic rings. The zero-order valence-corrected chi connectivity index (χ0v) is 22.9. The Morgan fingerprint density at radius 3 is 2.07 bits per heavy atom. The van der Waals surface area contributed by atoms with Crippen molar-refractivity contribution in [1.82, 2.24) is 4.72 Å². The Labute approximate surface area is 237 Å². The van der Waals surface area contributed by atoms with E-state index in [1.54, 1.807) is 55.6 Å². The van der Waals surface area contributed by atoms with Gasteiger partial charge in [-0.2, -0.15) is 0 Å². The predicted octanol–water partition coefficient (Wildman–Crippen LogP) is 5.80. The molecule has 0 bridgehead atoms. The van der Waals surface area contributed by atoms with E-state index in [0.29, 0.717) is 28.6 Å². The molecule has 0 unspecified atom stereocenters. The van der Waals surface area contributed by atoms with Crippen LogP contribution in [-0.2, 0) is 10.0 Å². The van der Waals surface area contributed by atoms with Gasteiger partial charge in [0.05, 0.1) is 16.9 Å². The fourth-order valence-electron chi connectivity index (χ4n) is 3.81. The van der Waals surface area contributed by atoms with Crippen molar-refractivity contribution >= 4 is 33.1 Å². The second-order valence-electron chi connectivity index (χ2n) is 8.72. The van der Waals surface area contributed by atoms with Crippen molar-refractivity contribution in [1.29, 1.82) is 0 Å². The minimum atomic E-state index is -3.90. The first-order valence-electron chi connectivity index (χ1n) is 12.5. The van der Waals surface area contributed by atoms with Crippen LogP contribution in [0.4, 0.5) is 21.9 Å². The zero-order chi connectivity index (χ0) is 29.2. The number of nitrogens with zero attached hydrogens (tertiary/aromatic N) is 2. The van der Waals surface area contributed by atoms with Gasteiger partial charge < -0.3 is 14.8 Å². The molecule has 41 heavy (non-hydrogen) atoms. The average Bonchev–Trinajstić information content (AvgIpc) is 2.98. The summed E-state index contributed by atoms with van der Waals surface area (Å²) in [5, 5.41) is 13.7. The van der Waals surface area contributed by atoms with Crippen molar-refractivity contribution < 1.29 is 27.6 Å². The number of urea groups is 1. The van der Waals surface area contributed by atoms with Crippen LogP contribution in [0.2, 0.25) is 0 Å². The first-order chi connectivity index (χ1) is 19.7. The first-order valence-corrected chi connectivity index (χ1v) is 14.0. The number of carbonyl (C=O) groups is 1. The van der Waals surface area contributed by atoms with Gasteiger partial charge in [-0.15, -0.1) is 0 Å². The van der Waals surface area contributed by atoms with Gasteiger partial charge >= 0.3 is 6.03 Å². The maximum atomic E-state index is 13.3. The SMILES string of the molecule is COc1ccc(NC(=O)N(CCCNS(=O)(=O)c2ccc([N+](=O)[O-])cc2)c2ccc(Oc3ccccc3)cc2)cc1. The third kappa shape index (κ3) is 8.03. The highest BCUT2D eigenvalue weighted by atomic mass is 32.2. The first kappa shape index (κ1) is 29.1. The second kappa shape index (κ2) is 13.4. The monoisotopic (exact) mass is 576 g/mol. The fourth-order valence-corrected chi connectivity index (χ4v) is 4.88. The van der Waals surface area contributed by atoms with E-state index >= 15 is 0 Å². The average molecular weight is 577 g/mol. The van der Waals surface area contributed by atoms with Crippen LogP contribution in [0.15, 0.2) is 108 Å². The van der Waals surface area contributed by atoms with Crippen molar-refractivity contribution in [3.8, 4) is 17.2 Å². The predicted molar refractivity (Wildman–Crippen MR) is 155 cm³/mol. The lowest BCUT2D eigenvalue weighted by Crippen LogP contribution is -2.37. The molecule has 0 aliphatic carbocycles. The summed E-state index contributed by atoms with van der Waals surface area (Å²) in [5.74, 6) is 1.91. The highest BCUT2D eigenvalue weighted by molar-refractivity contribution is 7.89. The minimum absolute atomic E-state index is 0.0286. The van der Waals surface area contributed by atoms with Crippen molar-refractivity contribution in [2.24, 2.45) is 0 Å². The maximum Gasteiger partial charge on any atom is 0.326 e. The number of rotatable bonds is 12. The van der Waals surface area contributed by atoms with Gasteiger partial charge in [-0.25, -0.2) is 17.9 Å². The molecule has 0 saturated carbocycles. The summed E-state index contributed by atoms with van der Waals surface area (Å²) >= 11 is 0. The van der Waals surface area contributed by atoms with Crippen LogP contribution in [0.25, 0.3) is 0 Å². The molecular formula is C29H28N4O7S. The topological polar surface area (TPSA) is 140 Å². The van der Waals surface area contributed by atoms with Gasteiger partial charge in [0.1, 0.15) is 17.2 Å². The van der Waals surface area contributed by atoms with E-state index in [9.17, 15) is 23.3 Å². The molecule has 212 valence electrons. The Kier molecular flexibility index (Phi) is 9.51. The van der Waals surface area contributed by atoms with Gasteiger partial charge in [-0.05, 0) is 79.2 Å². The molecule has 12 heteroatoms.